The van der Waals surface area contributed by atoms with E-state index in [1.54, 1.807) is 32.0 Å². The van der Waals surface area contributed by atoms with E-state index in [2.05, 4.69) is 6.07 Å². The molecule has 8 heteroatoms. The number of carbonyl (C=O) groups is 1. The van der Waals surface area contributed by atoms with E-state index in [9.17, 15) is 10.1 Å². The van der Waals surface area contributed by atoms with Gasteiger partial charge in [-0.05, 0) is 38.5 Å². The van der Waals surface area contributed by atoms with Crippen LogP contribution in [0, 0.1) is 11.3 Å². The first-order valence-corrected chi connectivity index (χ1v) is 9.32. The van der Waals surface area contributed by atoms with Gasteiger partial charge in [-0.1, -0.05) is 6.07 Å². The SMILES string of the molecule is CCOCCOc1cc(C2C(C#N)=C(N)OC(C)=C2C(=O)OCC)ccc1OC. The molecule has 1 aliphatic rings. The van der Waals surface area contributed by atoms with Crippen molar-refractivity contribution < 1.29 is 28.5 Å². The van der Waals surface area contributed by atoms with Gasteiger partial charge in [0.15, 0.2) is 11.5 Å². The van der Waals surface area contributed by atoms with E-state index in [0.717, 1.165) is 0 Å². The second-order valence-electron chi connectivity index (χ2n) is 6.07. The fourth-order valence-corrected chi connectivity index (χ4v) is 3.03. The summed E-state index contributed by atoms with van der Waals surface area (Å²) in [6.45, 7) is 6.75. The van der Waals surface area contributed by atoms with Crippen molar-refractivity contribution in [1.82, 2.24) is 0 Å². The Hall–Kier alpha value is -3.18. The molecule has 1 unspecified atom stereocenters. The molecule has 2 rings (SSSR count). The Morgan fingerprint density at radius 1 is 1.24 bits per heavy atom. The summed E-state index contributed by atoms with van der Waals surface area (Å²) >= 11 is 0. The van der Waals surface area contributed by atoms with E-state index in [1.165, 1.54) is 7.11 Å². The lowest BCUT2D eigenvalue weighted by molar-refractivity contribution is -0.139. The lowest BCUT2D eigenvalue weighted by Gasteiger charge is -2.27. The molecular formula is C21H26N2O6. The summed E-state index contributed by atoms with van der Waals surface area (Å²) in [5, 5.41) is 9.66. The summed E-state index contributed by atoms with van der Waals surface area (Å²) in [7, 11) is 1.53. The van der Waals surface area contributed by atoms with Crippen molar-refractivity contribution >= 4 is 5.97 Å². The Morgan fingerprint density at radius 3 is 2.62 bits per heavy atom. The molecule has 0 spiro atoms. The minimum atomic E-state index is -0.743. The van der Waals surface area contributed by atoms with Crippen molar-refractivity contribution in [3.8, 4) is 17.6 Å². The topological polar surface area (TPSA) is 113 Å². The summed E-state index contributed by atoms with van der Waals surface area (Å²) in [6, 6.07) is 7.24. The highest BCUT2D eigenvalue weighted by molar-refractivity contribution is 5.92. The number of ether oxygens (including phenoxy) is 5. The molecule has 29 heavy (non-hydrogen) atoms. The first-order chi connectivity index (χ1) is 14.0. The van der Waals surface area contributed by atoms with Crippen LogP contribution in [0.2, 0.25) is 0 Å². The highest BCUT2D eigenvalue weighted by Crippen LogP contribution is 2.42. The lowest BCUT2D eigenvalue weighted by Crippen LogP contribution is -2.25. The van der Waals surface area contributed by atoms with E-state index in [4.69, 9.17) is 29.4 Å². The number of allylic oxidation sites excluding steroid dienone is 2. The predicted octanol–water partition coefficient (Wildman–Crippen LogP) is 2.76. The fraction of sp³-hybridized carbons (Fsp3) is 0.429. The fourth-order valence-electron chi connectivity index (χ4n) is 3.03. The van der Waals surface area contributed by atoms with E-state index in [0.29, 0.717) is 42.6 Å². The van der Waals surface area contributed by atoms with Crippen LogP contribution in [0.4, 0.5) is 0 Å². The molecule has 0 amide bonds. The van der Waals surface area contributed by atoms with Crippen molar-refractivity contribution in [3.63, 3.8) is 0 Å². The van der Waals surface area contributed by atoms with Gasteiger partial charge >= 0.3 is 5.97 Å². The van der Waals surface area contributed by atoms with Gasteiger partial charge in [0.2, 0.25) is 5.88 Å². The van der Waals surface area contributed by atoms with Gasteiger partial charge in [-0.15, -0.1) is 0 Å². The second kappa shape index (κ2) is 10.4. The van der Waals surface area contributed by atoms with Crippen molar-refractivity contribution in [3.05, 3.63) is 46.6 Å². The molecule has 8 nitrogen and oxygen atoms in total. The van der Waals surface area contributed by atoms with E-state index in [1.807, 2.05) is 6.92 Å². The summed E-state index contributed by atoms with van der Waals surface area (Å²) < 4.78 is 27.0. The molecule has 156 valence electrons. The maximum atomic E-state index is 12.6. The van der Waals surface area contributed by atoms with Crippen LogP contribution in [0.5, 0.6) is 11.5 Å². The number of hydrogen-bond donors (Lipinski definition) is 1. The molecule has 0 aromatic heterocycles. The van der Waals surface area contributed by atoms with Crippen molar-refractivity contribution in [2.75, 3.05) is 33.5 Å². The molecule has 1 aliphatic heterocycles. The molecule has 0 radical (unpaired) electrons. The number of hydrogen-bond acceptors (Lipinski definition) is 8. The van der Waals surface area contributed by atoms with Gasteiger partial charge in [-0.3, -0.25) is 0 Å². The Labute approximate surface area is 170 Å². The number of esters is 1. The molecule has 1 atom stereocenters. The summed E-state index contributed by atoms with van der Waals surface area (Å²) in [5.41, 5.74) is 6.91. The van der Waals surface area contributed by atoms with E-state index < -0.39 is 11.9 Å². The van der Waals surface area contributed by atoms with E-state index >= 15 is 0 Å². The van der Waals surface area contributed by atoms with Crippen LogP contribution in [0.25, 0.3) is 0 Å². The zero-order valence-electron chi connectivity index (χ0n) is 17.1. The highest BCUT2D eigenvalue weighted by atomic mass is 16.5. The molecule has 0 saturated carbocycles. The number of methoxy groups -OCH3 is 1. The third-order valence-electron chi connectivity index (χ3n) is 4.31. The molecule has 2 N–H and O–H groups in total. The van der Waals surface area contributed by atoms with Gasteiger partial charge < -0.3 is 29.4 Å². The van der Waals surface area contributed by atoms with Crippen LogP contribution in [0.15, 0.2) is 41.0 Å². The average Bonchev–Trinajstić information content (AvgIpc) is 2.70. The lowest BCUT2D eigenvalue weighted by atomic mass is 9.83. The van der Waals surface area contributed by atoms with Gasteiger partial charge in [0, 0.05) is 6.61 Å². The van der Waals surface area contributed by atoms with Crippen LogP contribution in [-0.2, 0) is 19.0 Å². The Kier molecular flexibility index (Phi) is 7.92. The van der Waals surface area contributed by atoms with Gasteiger partial charge in [0.25, 0.3) is 0 Å². The third-order valence-corrected chi connectivity index (χ3v) is 4.31. The summed E-state index contributed by atoms with van der Waals surface area (Å²) in [6.07, 6.45) is 0. The normalized spacial score (nSPS) is 16.2. The van der Waals surface area contributed by atoms with Crippen LogP contribution >= 0.6 is 0 Å². The standard InChI is InChI=1S/C21H26N2O6/c1-5-26-9-10-28-17-11-14(7-8-16(17)25-4)19-15(12-22)20(23)29-13(3)18(19)21(24)27-6-2/h7-8,11,19H,5-6,9-10,23H2,1-4H3. The van der Waals surface area contributed by atoms with Gasteiger partial charge in [0.05, 0.1) is 31.8 Å². The van der Waals surface area contributed by atoms with Crippen LogP contribution in [0.1, 0.15) is 32.3 Å². The zero-order valence-corrected chi connectivity index (χ0v) is 17.1. The molecule has 0 fully saturated rings. The van der Waals surface area contributed by atoms with Crippen LogP contribution < -0.4 is 15.2 Å². The maximum absolute atomic E-state index is 12.6. The van der Waals surface area contributed by atoms with Crippen molar-refractivity contribution in [1.29, 1.82) is 5.26 Å². The Balaban J connectivity index is 2.50. The first-order valence-electron chi connectivity index (χ1n) is 9.32. The monoisotopic (exact) mass is 402 g/mol. The highest BCUT2D eigenvalue weighted by Gasteiger charge is 2.36. The van der Waals surface area contributed by atoms with Gasteiger partial charge in [-0.25, -0.2) is 4.79 Å². The van der Waals surface area contributed by atoms with Crippen LogP contribution in [-0.4, -0.2) is 39.5 Å². The maximum Gasteiger partial charge on any atom is 0.338 e. The van der Waals surface area contributed by atoms with Crippen molar-refractivity contribution in [2.45, 2.75) is 26.7 Å². The molecule has 1 aromatic rings. The van der Waals surface area contributed by atoms with Crippen molar-refractivity contribution in [2.24, 2.45) is 5.73 Å². The number of nitrogens with zero attached hydrogens (tertiary/aromatic N) is 1. The molecule has 1 aromatic carbocycles. The molecular weight excluding hydrogens is 376 g/mol. The quantitative estimate of drug-likeness (QED) is 0.495. The largest absolute Gasteiger partial charge is 0.493 e. The molecule has 0 bridgehead atoms. The van der Waals surface area contributed by atoms with E-state index in [-0.39, 0.29) is 23.6 Å². The zero-order chi connectivity index (χ0) is 21.4. The summed E-state index contributed by atoms with van der Waals surface area (Å²) in [4.78, 5) is 12.6. The van der Waals surface area contributed by atoms with Crippen LogP contribution in [0.3, 0.4) is 0 Å². The minimum Gasteiger partial charge on any atom is -0.493 e. The first kappa shape index (κ1) is 22.1. The van der Waals surface area contributed by atoms with Gasteiger partial charge in [-0.2, -0.15) is 5.26 Å². The number of carbonyl (C=O) groups excluding carboxylic acids is 1. The molecule has 1 heterocycles. The Bertz CT molecular complexity index is 853. The second-order valence-corrected chi connectivity index (χ2v) is 6.07. The predicted molar refractivity (Wildman–Crippen MR) is 105 cm³/mol. The van der Waals surface area contributed by atoms with Gasteiger partial charge in [0.1, 0.15) is 24.0 Å². The molecule has 0 saturated heterocycles. The number of nitrogens with two attached hydrogens (primary N) is 1. The number of nitriles is 1. The smallest absolute Gasteiger partial charge is 0.338 e. The molecule has 0 aliphatic carbocycles. The third kappa shape index (κ3) is 5.00. The minimum absolute atomic E-state index is 0.0438. The number of rotatable bonds is 9. The number of benzene rings is 1. The summed E-state index contributed by atoms with van der Waals surface area (Å²) in [5.74, 6) is -0.0748. The Morgan fingerprint density at radius 2 is 2.00 bits per heavy atom. The average molecular weight is 402 g/mol.